The van der Waals surface area contributed by atoms with Crippen molar-refractivity contribution in [3.05, 3.63) is 39.2 Å². The van der Waals surface area contributed by atoms with Crippen molar-refractivity contribution in [3.8, 4) is 0 Å². The minimum atomic E-state index is -3.32. The van der Waals surface area contributed by atoms with E-state index in [1.54, 1.807) is 0 Å². The Kier molecular flexibility index (Phi) is 8.27. The number of aromatic amines is 1. The average Bonchev–Trinajstić information content (AvgIpc) is 2.94. The van der Waals surface area contributed by atoms with Crippen LogP contribution in [0.25, 0.3) is 6.08 Å². The van der Waals surface area contributed by atoms with Gasteiger partial charge in [0, 0.05) is 6.20 Å². The first-order chi connectivity index (χ1) is 14.6. The normalized spacial score (nSPS) is 29.4. The molecule has 0 radical (unpaired) electrons. The fourth-order valence-corrected chi connectivity index (χ4v) is 3.58. The Balaban J connectivity index is 2.45. The summed E-state index contributed by atoms with van der Waals surface area (Å²) in [6.07, 6.45) is -0.882. The molecular weight excluding hydrogens is 417 g/mol. The van der Waals surface area contributed by atoms with Gasteiger partial charge in [0.15, 0.2) is 6.30 Å². The molecule has 1 aliphatic rings. The summed E-state index contributed by atoms with van der Waals surface area (Å²) in [6.45, 7) is 4.45. The van der Waals surface area contributed by atoms with Gasteiger partial charge in [-0.15, -0.1) is 5.06 Å². The molecule has 0 saturated carbocycles. The molecule has 0 aliphatic carbocycles. The Morgan fingerprint density at radius 1 is 1.35 bits per heavy atom. The molecule has 0 amide bonds. The molecule has 0 aromatic carbocycles. The van der Waals surface area contributed by atoms with Gasteiger partial charge >= 0.3 is 11.6 Å². The fourth-order valence-electron chi connectivity index (χ4n) is 3.58. The van der Waals surface area contributed by atoms with E-state index in [4.69, 9.17) is 4.74 Å². The lowest BCUT2D eigenvalue weighted by molar-refractivity contribution is -0.428. The number of halogens is 1. The second-order valence-corrected chi connectivity index (χ2v) is 7.52. The van der Waals surface area contributed by atoms with Gasteiger partial charge in [-0.25, -0.2) is 13.8 Å². The Bertz CT molecular complexity index is 876. The number of hydrogen-bond donors (Lipinski definition) is 6. The maximum Gasteiger partial charge on any atom is 0.332 e. The molecule has 12 heteroatoms. The summed E-state index contributed by atoms with van der Waals surface area (Å²) in [5, 5.41) is 52.2. The van der Waals surface area contributed by atoms with E-state index >= 15 is 0 Å². The van der Waals surface area contributed by atoms with Crippen LogP contribution in [0.5, 0.6) is 0 Å². The number of nitrogens with one attached hydrogen (secondary N) is 1. The van der Waals surface area contributed by atoms with Gasteiger partial charge in [-0.2, -0.15) is 0 Å². The Hall–Kier alpha value is -1.93. The van der Waals surface area contributed by atoms with Gasteiger partial charge in [0.1, 0.15) is 12.2 Å². The molecule has 11 nitrogen and oxygen atoms in total. The van der Waals surface area contributed by atoms with Crippen molar-refractivity contribution in [3.63, 3.8) is 0 Å². The number of hydrogen-bond acceptors (Lipinski definition) is 9. The number of aromatic nitrogens is 2. The van der Waals surface area contributed by atoms with E-state index in [1.807, 2.05) is 11.9 Å². The zero-order valence-corrected chi connectivity index (χ0v) is 17.3. The molecule has 31 heavy (non-hydrogen) atoms. The maximum absolute atomic E-state index is 14.8. The van der Waals surface area contributed by atoms with Crippen molar-refractivity contribution in [1.29, 1.82) is 0 Å². The quantitative estimate of drug-likeness (QED) is 0.114. The number of nitrogens with zero attached hydrogens (tertiary/aromatic N) is 2. The van der Waals surface area contributed by atoms with Gasteiger partial charge in [-0.05, 0) is 12.8 Å². The molecule has 0 bridgehead atoms. The van der Waals surface area contributed by atoms with E-state index in [9.17, 15) is 39.6 Å². The highest BCUT2D eigenvalue weighted by atomic mass is 19.1. The van der Waals surface area contributed by atoms with Crippen molar-refractivity contribution in [2.75, 3.05) is 6.61 Å². The first kappa shape index (κ1) is 25.3. The largest absolute Gasteiger partial charge is 0.394 e. The molecular formula is C19H30FN3O8. The summed E-state index contributed by atoms with van der Waals surface area (Å²) < 4.78 is 20.2. The van der Waals surface area contributed by atoms with Crippen LogP contribution in [0.3, 0.4) is 0 Å². The monoisotopic (exact) mass is 447 g/mol. The lowest BCUT2D eigenvalue weighted by Gasteiger charge is -2.43. The standard InChI is InChI=1S/C19H30FN3O8/c1-3-5-6-7-8-9-14(20)23(30)18(28)15(25)13(11-24)31-19(18,29)22-10-12(4-2)16(26)21-17(22)27/h4,10,13-15,24-25,28-30H,2-3,5-9,11H2,1H3,(H,21,26,27)/t13-,14?,15-,18-,19-/m1/s1. The highest BCUT2D eigenvalue weighted by Crippen LogP contribution is 2.44. The first-order valence-corrected chi connectivity index (χ1v) is 10.1. The second kappa shape index (κ2) is 10.1. The van der Waals surface area contributed by atoms with E-state index in [1.165, 1.54) is 0 Å². The van der Waals surface area contributed by atoms with E-state index in [-0.39, 0.29) is 21.6 Å². The van der Waals surface area contributed by atoms with Crippen molar-refractivity contribution in [1.82, 2.24) is 14.6 Å². The molecule has 2 heterocycles. The lowest BCUT2D eigenvalue weighted by Crippen LogP contribution is -2.69. The average molecular weight is 447 g/mol. The van der Waals surface area contributed by atoms with Gasteiger partial charge in [0.2, 0.25) is 5.72 Å². The van der Waals surface area contributed by atoms with E-state index in [0.717, 1.165) is 31.5 Å². The predicted molar refractivity (Wildman–Crippen MR) is 106 cm³/mol. The van der Waals surface area contributed by atoms with Gasteiger partial charge in [-0.3, -0.25) is 9.78 Å². The second-order valence-electron chi connectivity index (χ2n) is 7.52. The third kappa shape index (κ3) is 4.51. The van der Waals surface area contributed by atoms with Crippen LogP contribution in [0.1, 0.15) is 51.0 Å². The van der Waals surface area contributed by atoms with Crippen LogP contribution in [0.15, 0.2) is 22.4 Å². The van der Waals surface area contributed by atoms with Crippen LogP contribution in [-0.4, -0.2) is 71.1 Å². The van der Waals surface area contributed by atoms with Crippen molar-refractivity contribution in [2.24, 2.45) is 0 Å². The van der Waals surface area contributed by atoms with E-state index < -0.39 is 48.0 Å². The molecule has 1 unspecified atom stereocenters. The van der Waals surface area contributed by atoms with Gasteiger partial charge in [0.05, 0.1) is 12.2 Å². The number of hydroxylamine groups is 2. The van der Waals surface area contributed by atoms with Crippen LogP contribution in [-0.2, 0) is 10.6 Å². The summed E-state index contributed by atoms with van der Waals surface area (Å²) >= 11 is 0. The minimum absolute atomic E-state index is 0.224. The molecule has 176 valence electrons. The third-order valence-corrected chi connectivity index (χ3v) is 5.42. The Morgan fingerprint density at radius 2 is 2.00 bits per heavy atom. The zero-order valence-electron chi connectivity index (χ0n) is 17.3. The number of unbranched alkanes of at least 4 members (excludes halogenated alkanes) is 4. The van der Waals surface area contributed by atoms with Gasteiger partial charge in [-0.1, -0.05) is 45.3 Å². The summed E-state index contributed by atoms with van der Waals surface area (Å²) in [5.41, 5.74) is -5.69. The zero-order chi connectivity index (χ0) is 23.4. The highest BCUT2D eigenvalue weighted by Gasteiger charge is 2.71. The molecule has 1 aliphatic heterocycles. The van der Waals surface area contributed by atoms with E-state index in [2.05, 4.69) is 6.58 Å². The number of rotatable bonds is 11. The molecule has 6 N–H and O–H groups in total. The number of alkyl halides is 1. The number of H-pyrrole nitrogens is 1. The minimum Gasteiger partial charge on any atom is -0.394 e. The molecule has 2 rings (SSSR count). The summed E-state index contributed by atoms with van der Waals surface area (Å²) in [6, 6.07) is 0. The van der Waals surface area contributed by atoms with Crippen molar-refractivity contribution >= 4 is 6.08 Å². The molecule has 1 fully saturated rings. The smallest absolute Gasteiger partial charge is 0.332 e. The maximum atomic E-state index is 14.8. The predicted octanol–water partition coefficient (Wildman–Crippen LogP) is -0.430. The lowest BCUT2D eigenvalue weighted by atomic mass is 10.00. The number of aliphatic hydroxyl groups excluding tert-OH is 2. The topological polar surface area (TPSA) is 168 Å². The van der Waals surface area contributed by atoms with Crippen LogP contribution >= 0.6 is 0 Å². The molecule has 1 aromatic heterocycles. The SMILES string of the molecule is C=Cc1cn([C@]2(O)O[C@H](CO)[C@@H](O)[C@]2(O)N(O)C(F)CCCCCCC)c(=O)[nH]c1=O. The fraction of sp³-hybridized carbons (Fsp3) is 0.684. The van der Waals surface area contributed by atoms with Gasteiger partial charge in [0.25, 0.3) is 5.56 Å². The van der Waals surface area contributed by atoms with Crippen LogP contribution in [0.2, 0.25) is 0 Å². The van der Waals surface area contributed by atoms with Crippen molar-refractivity contribution in [2.45, 2.75) is 75.6 Å². The Labute approximate surface area is 177 Å². The van der Waals surface area contributed by atoms with E-state index in [0.29, 0.717) is 12.8 Å². The number of ether oxygens (including phenoxy) is 1. The molecule has 0 spiro atoms. The summed E-state index contributed by atoms with van der Waals surface area (Å²) in [5.74, 6) is -3.28. The molecule has 5 atom stereocenters. The van der Waals surface area contributed by atoms with Crippen LogP contribution in [0.4, 0.5) is 4.39 Å². The molecule has 1 aromatic rings. The van der Waals surface area contributed by atoms with Crippen molar-refractivity contribution < 1.29 is 34.8 Å². The van der Waals surface area contributed by atoms with Crippen LogP contribution in [0, 0.1) is 0 Å². The van der Waals surface area contributed by atoms with Gasteiger partial charge < -0.3 is 30.4 Å². The summed E-state index contributed by atoms with van der Waals surface area (Å²) in [7, 11) is 0. The highest BCUT2D eigenvalue weighted by molar-refractivity contribution is 5.43. The first-order valence-electron chi connectivity index (χ1n) is 10.1. The molecule has 1 saturated heterocycles. The summed E-state index contributed by atoms with van der Waals surface area (Å²) in [4.78, 5) is 26.0. The number of aliphatic hydroxyl groups is 4. The van der Waals surface area contributed by atoms with Crippen LogP contribution < -0.4 is 11.2 Å². The Morgan fingerprint density at radius 3 is 2.58 bits per heavy atom. The third-order valence-electron chi connectivity index (χ3n) is 5.42.